The van der Waals surface area contributed by atoms with Gasteiger partial charge in [-0.15, -0.1) is 21.5 Å². The Morgan fingerprint density at radius 3 is 2.75 bits per heavy atom. The van der Waals surface area contributed by atoms with Gasteiger partial charge in [-0.2, -0.15) is 0 Å². The summed E-state index contributed by atoms with van der Waals surface area (Å²) >= 11 is 3.14. The molecule has 6 nitrogen and oxygen atoms in total. The number of carbonyl (C=O) groups is 1. The van der Waals surface area contributed by atoms with E-state index in [1.165, 1.54) is 11.8 Å². The lowest BCUT2D eigenvalue weighted by atomic mass is 10.1. The number of thioether (sulfide) groups is 1. The molecular formula is C24H24N4O2S2. The van der Waals surface area contributed by atoms with Gasteiger partial charge in [-0.25, -0.2) is 0 Å². The van der Waals surface area contributed by atoms with E-state index < -0.39 is 0 Å². The van der Waals surface area contributed by atoms with Crippen LogP contribution in [0.3, 0.4) is 0 Å². The first-order valence-corrected chi connectivity index (χ1v) is 12.4. The molecule has 1 fully saturated rings. The Balaban J connectivity index is 1.24. The Kier molecular flexibility index (Phi) is 5.89. The van der Waals surface area contributed by atoms with Crippen LogP contribution in [0.5, 0.6) is 5.75 Å². The Labute approximate surface area is 195 Å². The van der Waals surface area contributed by atoms with Gasteiger partial charge in [-0.1, -0.05) is 36.0 Å². The summed E-state index contributed by atoms with van der Waals surface area (Å²) in [5.74, 6) is 2.18. The summed E-state index contributed by atoms with van der Waals surface area (Å²) in [5.41, 5.74) is 1.10. The number of amides is 1. The van der Waals surface area contributed by atoms with E-state index in [4.69, 9.17) is 4.74 Å². The fourth-order valence-electron chi connectivity index (χ4n) is 3.71. The topological polar surface area (TPSA) is 60.2 Å². The maximum Gasteiger partial charge on any atom is 0.233 e. The van der Waals surface area contributed by atoms with Gasteiger partial charge in [0.15, 0.2) is 11.0 Å². The molecular weight excluding hydrogens is 440 g/mol. The molecule has 2 aromatic heterocycles. The molecule has 0 atom stereocenters. The van der Waals surface area contributed by atoms with E-state index in [0.717, 1.165) is 50.8 Å². The highest BCUT2D eigenvalue weighted by atomic mass is 32.2. The third kappa shape index (κ3) is 4.38. The monoisotopic (exact) mass is 464 g/mol. The van der Waals surface area contributed by atoms with Gasteiger partial charge in [-0.05, 0) is 58.8 Å². The molecule has 1 aliphatic rings. The number of hydrogen-bond acceptors (Lipinski definition) is 6. The molecule has 1 saturated carbocycles. The first kappa shape index (κ1) is 21.0. The number of benzene rings is 2. The Hall–Kier alpha value is -2.84. The fourth-order valence-corrected chi connectivity index (χ4v) is 5.36. The molecule has 0 N–H and O–H groups in total. The number of aromatic nitrogens is 3. The van der Waals surface area contributed by atoms with E-state index in [1.54, 1.807) is 23.3 Å². The van der Waals surface area contributed by atoms with Gasteiger partial charge in [0.25, 0.3) is 0 Å². The number of rotatable bonds is 8. The lowest BCUT2D eigenvalue weighted by Crippen LogP contribution is -2.27. The molecule has 0 spiro atoms. The van der Waals surface area contributed by atoms with E-state index in [0.29, 0.717) is 18.3 Å². The van der Waals surface area contributed by atoms with Crippen molar-refractivity contribution in [2.75, 3.05) is 19.9 Å². The molecule has 32 heavy (non-hydrogen) atoms. The molecule has 0 unspecified atom stereocenters. The average Bonchev–Trinajstić information content (AvgIpc) is 3.32. The van der Waals surface area contributed by atoms with Gasteiger partial charge in [0, 0.05) is 19.6 Å². The standard InChI is InChI=1S/C24H24N4O2S2/c1-27(14-16-5-6-18-13-20(30-2)10-7-17(18)12-16)22(29)15-32-24-26-25-23(21-4-3-11-31-21)28(24)19-8-9-19/h3-7,10-13,19H,8-9,14-15H2,1-2H3. The zero-order chi connectivity index (χ0) is 22.1. The van der Waals surface area contributed by atoms with Gasteiger partial charge >= 0.3 is 0 Å². The lowest BCUT2D eigenvalue weighted by molar-refractivity contribution is -0.127. The quantitative estimate of drug-likeness (QED) is 0.333. The summed E-state index contributed by atoms with van der Waals surface area (Å²) in [7, 11) is 3.52. The van der Waals surface area contributed by atoms with Crippen LogP contribution < -0.4 is 4.74 Å². The average molecular weight is 465 g/mol. The third-order valence-electron chi connectivity index (χ3n) is 5.60. The molecule has 0 radical (unpaired) electrons. The number of nitrogens with zero attached hydrogens (tertiary/aromatic N) is 4. The van der Waals surface area contributed by atoms with Crippen LogP contribution >= 0.6 is 23.1 Å². The van der Waals surface area contributed by atoms with Crippen molar-refractivity contribution >= 4 is 39.8 Å². The summed E-state index contributed by atoms with van der Waals surface area (Å²) in [5, 5.41) is 14.0. The second-order valence-corrected chi connectivity index (χ2v) is 9.86. The highest BCUT2D eigenvalue weighted by Gasteiger charge is 2.30. The van der Waals surface area contributed by atoms with Gasteiger partial charge in [0.05, 0.1) is 17.7 Å². The molecule has 0 aliphatic heterocycles. The number of thiophene rings is 1. The van der Waals surface area contributed by atoms with Crippen LogP contribution in [-0.4, -0.2) is 45.5 Å². The number of hydrogen-bond donors (Lipinski definition) is 0. The third-order valence-corrected chi connectivity index (χ3v) is 7.39. The fraction of sp³-hybridized carbons (Fsp3) is 0.292. The first-order chi connectivity index (χ1) is 15.6. The summed E-state index contributed by atoms with van der Waals surface area (Å²) in [4.78, 5) is 15.7. The van der Waals surface area contributed by atoms with Crippen molar-refractivity contribution in [2.45, 2.75) is 30.6 Å². The van der Waals surface area contributed by atoms with Gasteiger partial charge in [0.2, 0.25) is 5.91 Å². The van der Waals surface area contributed by atoms with Crippen molar-refractivity contribution in [3.63, 3.8) is 0 Å². The molecule has 2 heterocycles. The lowest BCUT2D eigenvalue weighted by Gasteiger charge is -2.17. The van der Waals surface area contributed by atoms with E-state index >= 15 is 0 Å². The van der Waals surface area contributed by atoms with Gasteiger partial charge in [0.1, 0.15) is 5.75 Å². The highest BCUT2D eigenvalue weighted by Crippen LogP contribution is 2.41. The van der Waals surface area contributed by atoms with Crippen LogP contribution in [-0.2, 0) is 11.3 Å². The molecule has 1 aliphatic carbocycles. The van der Waals surface area contributed by atoms with Crippen molar-refractivity contribution in [3.8, 4) is 16.5 Å². The number of methoxy groups -OCH3 is 1. The number of carbonyl (C=O) groups excluding carboxylic acids is 1. The van der Waals surface area contributed by atoms with E-state index in [1.807, 2.05) is 31.3 Å². The predicted molar refractivity (Wildman–Crippen MR) is 129 cm³/mol. The molecule has 4 aromatic rings. The Morgan fingerprint density at radius 2 is 2.00 bits per heavy atom. The van der Waals surface area contributed by atoms with Crippen LogP contribution in [0.15, 0.2) is 59.1 Å². The van der Waals surface area contributed by atoms with E-state index in [-0.39, 0.29) is 5.91 Å². The van der Waals surface area contributed by atoms with E-state index in [9.17, 15) is 4.79 Å². The van der Waals surface area contributed by atoms with Crippen LogP contribution in [0.25, 0.3) is 21.5 Å². The largest absolute Gasteiger partial charge is 0.497 e. The molecule has 2 aromatic carbocycles. The molecule has 0 bridgehead atoms. The zero-order valence-corrected chi connectivity index (χ0v) is 19.7. The van der Waals surface area contributed by atoms with Crippen LogP contribution in [0.4, 0.5) is 0 Å². The smallest absolute Gasteiger partial charge is 0.233 e. The van der Waals surface area contributed by atoms with Crippen molar-refractivity contribution < 1.29 is 9.53 Å². The minimum atomic E-state index is 0.0767. The predicted octanol–water partition coefficient (Wildman–Crippen LogP) is 5.25. The summed E-state index contributed by atoms with van der Waals surface area (Å²) in [6, 6.07) is 16.8. The molecule has 164 valence electrons. The molecule has 1 amide bonds. The van der Waals surface area contributed by atoms with Crippen LogP contribution in [0, 0.1) is 0 Å². The molecule has 0 saturated heterocycles. The maximum atomic E-state index is 12.8. The van der Waals surface area contributed by atoms with Crippen molar-refractivity contribution in [3.05, 3.63) is 59.5 Å². The Morgan fingerprint density at radius 1 is 1.19 bits per heavy atom. The van der Waals surface area contributed by atoms with Crippen LogP contribution in [0.2, 0.25) is 0 Å². The second-order valence-electron chi connectivity index (χ2n) is 7.97. The summed E-state index contributed by atoms with van der Waals surface area (Å²) < 4.78 is 7.51. The zero-order valence-electron chi connectivity index (χ0n) is 18.0. The maximum absolute atomic E-state index is 12.8. The van der Waals surface area contributed by atoms with E-state index in [2.05, 4.69) is 44.4 Å². The summed E-state index contributed by atoms with van der Waals surface area (Å²) in [6.07, 6.45) is 2.29. The minimum absolute atomic E-state index is 0.0767. The van der Waals surface area contributed by atoms with Crippen molar-refractivity contribution in [1.82, 2.24) is 19.7 Å². The van der Waals surface area contributed by atoms with Crippen molar-refractivity contribution in [1.29, 1.82) is 0 Å². The SMILES string of the molecule is COc1ccc2cc(CN(C)C(=O)CSc3nnc(-c4cccs4)n3C3CC3)ccc2c1. The second kappa shape index (κ2) is 8.96. The summed E-state index contributed by atoms with van der Waals surface area (Å²) in [6.45, 7) is 0.567. The number of ether oxygens (including phenoxy) is 1. The highest BCUT2D eigenvalue weighted by molar-refractivity contribution is 7.99. The van der Waals surface area contributed by atoms with Gasteiger partial charge in [-0.3, -0.25) is 9.36 Å². The van der Waals surface area contributed by atoms with Crippen LogP contribution in [0.1, 0.15) is 24.4 Å². The normalized spacial score (nSPS) is 13.4. The van der Waals surface area contributed by atoms with Gasteiger partial charge < -0.3 is 9.64 Å². The van der Waals surface area contributed by atoms with Crippen molar-refractivity contribution in [2.24, 2.45) is 0 Å². The number of fused-ring (bicyclic) bond motifs is 1. The minimum Gasteiger partial charge on any atom is -0.497 e. The molecule has 5 rings (SSSR count). The molecule has 8 heteroatoms. The Bertz CT molecular complexity index is 1250. The first-order valence-electron chi connectivity index (χ1n) is 10.5.